The zero-order valence-electron chi connectivity index (χ0n) is 14.6. The van der Waals surface area contributed by atoms with Crippen molar-refractivity contribution in [1.29, 1.82) is 0 Å². The number of aliphatic hydroxyl groups is 4. The number of fused-ring (bicyclic) bond motifs is 1. The molecule has 10 unspecified atom stereocenters. The largest absolute Gasteiger partial charge is 0.478 e. The molecule has 0 bridgehead atoms. The molecule has 0 amide bonds. The van der Waals surface area contributed by atoms with Crippen LogP contribution in [0.25, 0.3) is 0 Å². The van der Waals surface area contributed by atoms with Crippen LogP contribution in [0.5, 0.6) is 0 Å². The van der Waals surface area contributed by atoms with Gasteiger partial charge in [0.15, 0.2) is 6.29 Å². The Kier molecular flexibility index (Phi) is 5.57. The van der Waals surface area contributed by atoms with Gasteiger partial charge in [0.2, 0.25) is 6.29 Å². The number of aliphatic hydroxyl groups excluding tert-OH is 4. The Morgan fingerprint density at radius 3 is 2.50 bits per heavy atom. The van der Waals surface area contributed by atoms with Crippen molar-refractivity contribution in [2.24, 2.45) is 17.8 Å². The number of hydrogen-bond acceptors (Lipinski definition) is 8. The van der Waals surface area contributed by atoms with E-state index < -0.39 is 60.9 Å². The molecule has 5 N–H and O–H groups in total. The van der Waals surface area contributed by atoms with Gasteiger partial charge >= 0.3 is 5.97 Å². The normalized spacial score (nSPS) is 48.5. The van der Waals surface area contributed by atoms with E-state index in [2.05, 4.69) is 0 Å². The van der Waals surface area contributed by atoms with Crippen LogP contribution in [-0.4, -0.2) is 74.6 Å². The predicted octanol–water partition coefficient (Wildman–Crippen LogP) is -0.821. The third kappa shape index (κ3) is 3.23. The lowest BCUT2D eigenvalue weighted by atomic mass is 9.83. The molecule has 2 aliphatic heterocycles. The summed E-state index contributed by atoms with van der Waals surface area (Å²) in [6, 6.07) is 0. The van der Waals surface area contributed by atoms with Crippen LogP contribution in [0.15, 0.2) is 11.8 Å². The lowest BCUT2D eigenvalue weighted by Crippen LogP contribution is -2.59. The minimum absolute atomic E-state index is 0.0743. The van der Waals surface area contributed by atoms with E-state index in [1.54, 1.807) is 13.8 Å². The van der Waals surface area contributed by atoms with Crippen molar-refractivity contribution in [1.82, 2.24) is 0 Å². The van der Waals surface area contributed by atoms with Crippen LogP contribution in [0.4, 0.5) is 0 Å². The molecule has 0 aromatic rings. The van der Waals surface area contributed by atoms with Crippen molar-refractivity contribution in [3.8, 4) is 0 Å². The minimum atomic E-state index is -1.48. The summed E-state index contributed by atoms with van der Waals surface area (Å²) in [6.07, 6.45) is -5.97. The van der Waals surface area contributed by atoms with Crippen LogP contribution >= 0.6 is 0 Å². The minimum Gasteiger partial charge on any atom is -0.478 e. The molecule has 9 nitrogen and oxygen atoms in total. The Balaban J connectivity index is 1.79. The molecule has 9 heteroatoms. The van der Waals surface area contributed by atoms with Gasteiger partial charge in [0.1, 0.15) is 18.3 Å². The molecule has 0 radical (unpaired) electrons. The summed E-state index contributed by atoms with van der Waals surface area (Å²) < 4.78 is 16.8. The molecule has 1 aliphatic carbocycles. The summed E-state index contributed by atoms with van der Waals surface area (Å²) in [5.41, 5.74) is 0.0743. The van der Waals surface area contributed by atoms with Gasteiger partial charge in [-0.1, -0.05) is 13.8 Å². The lowest BCUT2D eigenvalue weighted by Gasteiger charge is -2.43. The van der Waals surface area contributed by atoms with Gasteiger partial charge in [-0.25, -0.2) is 4.79 Å². The molecule has 10 atom stereocenters. The third-order valence-corrected chi connectivity index (χ3v) is 5.80. The Bertz CT molecular complexity index is 562. The van der Waals surface area contributed by atoms with Gasteiger partial charge in [0.25, 0.3) is 0 Å². The second kappa shape index (κ2) is 7.41. The molecule has 1 saturated carbocycles. The summed E-state index contributed by atoms with van der Waals surface area (Å²) in [6.45, 7) is 3.55. The molecule has 3 aliphatic rings. The van der Waals surface area contributed by atoms with Gasteiger partial charge in [-0.05, 0) is 18.8 Å². The van der Waals surface area contributed by atoms with E-state index in [-0.39, 0.29) is 17.9 Å². The summed E-state index contributed by atoms with van der Waals surface area (Å²) >= 11 is 0. The molecule has 3 rings (SSSR count). The monoisotopic (exact) mass is 374 g/mol. The number of ether oxygens (including phenoxy) is 3. The fourth-order valence-corrected chi connectivity index (χ4v) is 4.18. The number of carboxylic acid groups (broad SMARTS) is 1. The maximum Gasteiger partial charge on any atom is 0.334 e. The Labute approximate surface area is 150 Å². The second-order valence-electron chi connectivity index (χ2n) is 7.29. The zero-order chi connectivity index (χ0) is 19.2. The second-order valence-corrected chi connectivity index (χ2v) is 7.29. The van der Waals surface area contributed by atoms with E-state index in [0.717, 1.165) is 6.26 Å². The Morgan fingerprint density at radius 1 is 1.19 bits per heavy atom. The van der Waals surface area contributed by atoms with Crippen molar-refractivity contribution in [2.75, 3.05) is 0 Å². The zero-order valence-corrected chi connectivity index (χ0v) is 14.6. The van der Waals surface area contributed by atoms with E-state index in [1.807, 2.05) is 0 Å². The van der Waals surface area contributed by atoms with Gasteiger partial charge in [0.05, 0.1) is 24.0 Å². The molecule has 2 fully saturated rings. The maximum atomic E-state index is 11.4. The number of carbonyl (C=O) groups is 1. The molecular formula is C17H26O9. The summed E-state index contributed by atoms with van der Waals surface area (Å²) in [4.78, 5) is 11.4. The topological polar surface area (TPSA) is 146 Å². The van der Waals surface area contributed by atoms with Gasteiger partial charge in [-0.3, -0.25) is 0 Å². The molecule has 1 saturated heterocycles. The van der Waals surface area contributed by atoms with Crippen LogP contribution in [0, 0.1) is 17.8 Å². The van der Waals surface area contributed by atoms with E-state index in [1.165, 1.54) is 0 Å². The van der Waals surface area contributed by atoms with Crippen LogP contribution in [0.3, 0.4) is 0 Å². The van der Waals surface area contributed by atoms with E-state index in [9.17, 15) is 30.3 Å². The highest BCUT2D eigenvalue weighted by Crippen LogP contribution is 2.47. The predicted molar refractivity (Wildman–Crippen MR) is 85.4 cm³/mol. The average Bonchev–Trinajstić information content (AvgIpc) is 2.90. The van der Waals surface area contributed by atoms with Gasteiger partial charge in [-0.2, -0.15) is 0 Å². The third-order valence-electron chi connectivity index (χ3n) is 5.80. The van der Waals surface area contributed by atoms with Crippen molar-refractivity contribution in [2.45, 2.75) is 69.8 Å². The Morgan fingerprint density at radius 2 is 1.88 bits per heavy atom. The molecule has 26 heavy (non-hydrogen) atoms. The van der Waals surface area contributed by atoms with Crippen LogP contribution < -0.4 is 0 Å². The van der Waals surface area contributed by atoms with E-state index in [4.69, 9.17) is 14.2 Å². The smallest absolute Gasteiger partial charge is 0.334 e. The maximum absolute atomic E-state index is 11.4. The van der Waals surface area contributed by atoms with Crippen LogP contribution in [0.1, 0.15) is 26.7 Å². The molecule has 2 heterocycles. The van der Waals surface area contributed by atoms with E-state index >= 15 is 0 Å². The molecule has 148 valence electrons. The molecule has 0 aromatic carbocycles. The van der Waals surface area contributed by atoms with Crippen molar-refractivity contribution < 1.29 is 44.5 Å². The van der Waals surface area contributed by atoms with Gasteiger partial charge in [0, 0.05) is 11.8 Å². The van der Waals surface area contributed by atoms with Crippen LogP contribution in [0.2, 0.25) is 0 Å². The fraction of sp³-hybridized carbons (Fsp3) is 0.824. The first-order chi connectivity index (χ1) is 12.3. The van der Waals surface area contributed by atoms with E-state index in [0.29, 0.717) is 6.42 Å². The SMILES string of the molecule is CCC1OC(OC2OC=C(C(=O)O)C3CC(O)C(C)C23)C(O)C(O)C1O. The standard InChI is InChI=1S/C17H26O9/c1-3-10-12(19)13(20)14(21)17(25-10)26-16-11-6(2)9(18)4-7(11)8(5-24-16)15(22)23/h5-7,9-14,16-21H,3-4H2,1-2H3,(H,22,23). The summed E-state index contributed by atoms with van der Waals surface area (Å²) in [7, 11) is 0. The lowest BCUT2D eigenvalue weighted by molar-refractivity contribution is -0.340. The molecule has 0 aromatic heterocycles. The van der Waals surface area contributed by atoms with Crippen molar-refractivity contribution in [3.05, 3.63) is 11.8 Å². The highest BCUT2D eigenvalue weighted by Gasteiger charge is 2.53. The highest BCUT2D eigenvalue weighted by atomic mass is 16.8. The van der Waals surface area contributed by atoms with Crippen LogP contribution in [-0.2, 0) is 19.0 Å². The summed E-state index contributed by atoms with van der Waals surface area (Å²) in [5, 5.41) is 49.6. The van der Waals surface area contributed by atoms with Gasteiger partial charge < -0.3 is 39.7 Å². The number of hydrogen-bond donors (Lipinski definition) is 5. The number of carboxylic acids is 1. The quantitative estimate of drug-likeness (QED) is 0.426. The molecular weight excluding hydrogens is 348 g/mol. The first-order valence-electron chi connectivity index (χ1n) is 8.88. The summed E-state index contributed by atoms with van der Waals surface area (Å²) in [5.74, 6) is -2.29. The molecule has 0 spiro atoms. The fourth-order valence-electron chi connectivity index (χ4n) is 4.18. The first-order valence-corrected chi connectivity index (χ1v) is 8.88. The Hall–Kier alpha value is -1.23. The number of aliphatic carboxylic acids is 1. The first kappa shape index (κ1) is 19.5. The average molecular weight is 374 g/mol. The van der Waals surface area contributed by atoms with Gasteiger partial charge in [-0.15, -0.1) is 0 Å². The highest BCUT2D eigenvalue weighted by molar-refractivity contribution is 5.87. The van der Waals surface area contributed by atoms with Crippen molar-refractivity contribution in [3.63, 3.8) is 0 Å². The van der Waals surface area contributed by atoms with Crippen molar-refractivity contribution >= 4 is 5.97 Å². The number of rotatable bonds is 4.